The highest BCUT2D eigenvalue weighted by atomic mass is 32.2. The topological polar surface area (TPSA) is 86.8 Å². The van der Waals surface area contributed by atoms with Gasteiger partial charge in [-0.15, -0.1) is 0 Å². The lowest BCUT2D eigenvalue weighted by atomic mass is 10.1. The Bertz CT molecular complexity index is 1300. The van der Waals surface area contributed by atoms with Crippen molar-refractivity contribution < 1.29 is 18.0 Å². The molecule has 7 nitrogen and oxygen atoms in total. The number of sulfonamides is 1. The first kappa shape index (κ1) is 28.9. The maximum atomic E-state index is 14.0. The summed E-state index contributed by atoms with van der Waals surface area (Å²) in [6.45, 7) is 6.02. The van der Waals surface area contributed by atoms with Gasteiger partial charge in [0.1, 0.15) is 12.6 Å². The van der Waals surface area contributed by atoms with Crippen molar-refractivity contribution >= 4 is 27.5 Å². The molecule has 3 aromatic rings. The molecule has 2 amide bonds. The molecular formula is C30H37N3O4S. The summed E-state index contributed by atoms with van der Waals surface area (Å²) in [5.41, 5.74) is 2.12. The van der Waals surface area contributed by atoms with Crippen molar-refractivity contribution in [1.82, 2.24) is 10.2 Å². The number of hydrogen-bond donors (Lipinski definition) is 1. The molecule has 0 saturated heterocycles. The lowest BCUT2D eigenvalue weighted by Gasteiger charge is -2.33. The van der Waals surface area contributed by atoms with Gasteiger partial charge in [0.25, 0.3) is 10.0 Å². The first-order valence-electron chi connectivity index (χ1n) is 13.1. The van der Waals surface area contributed by atoms with Gasteiger partial charge < -0.3 is 10.2 Å². The van der Waals surface area contributed by atoms with Crippen LogP contribution < -0.4 is 9.62 Å². The summed E-state index contributed by atoms with van der Waals surface area (Å²) in [5, 5.41) is 2.90. The van der Waals surface area contributed by atoms with Gasteiger partial charge in [0.15, 0.2) is 0 Å². The van der Waals surface area contributed by atoms with Crippen LogP contribution >= 0.6 is 0 Å². The van der Waals surface area contributed by atoms with Gasteiger partial charge in [-0.2, -0.15) is 0 Å². The number of aryl methyl sites for hydroxylation is 1. The molecule has 8 heteroatoms. The number of nitrogens with one attached hydrogen (secondary N) is 1. The van der Waals surface area contributed by atoms with Crippen LogP contribution in [0.25, 0.3) is 0 Å². The van der Waals surface area contributed by atoms with Gasteiger partial charge in [-0.05, 0) is 48.6 Å². The van der Waals surface area contributed by atoms with E-state index in [1.165, 1.54) is 21.3 Å². The maximum Gasteiger partial charge on any atom is 0.264 e. The minimum atomic E-state index is -4.07. The largest absolute Gasteiger partial charge is 0.354 e. The Balaban J connectivity index is 2.06. The minimum absolute atomic E-state index is 0.0982. The average molecular weight is 536 g/mol. The van der Waals surface area contributed by atoms with E-state index in [2.05, 4.69) is 5.32 Å². The quantitative estimate of drug-likeness (QED) is 0.341. The summed E-state index contributed by atoms with van der Waals surface area (Å²) in [7, 11) is -4.07. The second-order valence-electron chi connectivity index (χ2n) is 9.03. The summed E-state index contributed by atoms with van der Waals surface area (Å²) >= 11 is 0. The highest BCUT2D eigenvalue weighted by Crippen LogP contribution is 2.28. The second-order valence-corrected chi connectivity index (χ2v) is 10.9. The first-order valence-corrected chi connectivity index (χ1v) is 14.5. The van der Waals surface area contributed by atoms with Gasteiger partial charge in [-0.25, -0.2) is 8.42 Å². The van der Waals surface area contributed by atoms with Gasteiger partial charge in [0.05, 0.1) is 10.6 Å². The van der Waals surface area contributed by atoms with E-state index in [0.29, 0.717) is 25.1 Å². The van der Waals surface area contributed by atoms with Crippen molar-refractivity contribution in [3.8, 4) is 0 Å². The Morgan fingerprint density at radius 3 is 2.05 bits per heavy atom. The number of benzene rings is 3. The number of anilines is 1. The molecule has 0 spiro atoms. The van der Waals surface area contributed by atoms with Crippen molar-refractivity contribution in [3.05, 3.63) is 96.1 Å². The molecule has 3 aromatic carbocycles. The molecule has 0 saturated carbocycles. The fourth-order valence-corrected chi connectivity index (χ4v) is 5.82. The van der Waals surface area contributed by atoms with Crippen LogP contribution in [0.2, 0.25) is 0 Å². The SMILES string of the molecule is CCCNC(=O)[C@@H](CC)N(Cc1ccccc1)C(=O)CN(c1ccccc1CC)S(=O)(=O)c1ccccc1. The van der Waals surface area contributed by atoms with E-state index in [1.54, 1.807) is 30.3 Å². The molecule has 0 heterocycles. The number of carbonyl (C=O) groups excluding carboxylic acids is 2. The van der Waals surface area contributed by atoms with Crippen molar-refractivity contribution in [2.45, 2.75) is 57.5 Å². The molecule has 1 atom stereocenters. The number of para-hydroxylation sites is 1. The summed E-state index contributed by atoms with van der Waals surface area (Å²) in [5.74, 6) is -0.692. The lowest BCUT2D eigenvalue weighted by molar-refractivity contribution is -0.140. The van der Waals surface area contributed by atoms with Crippen LogP contribution in [-0.4, -0.2) is 44.3 Å². The Morgan fingerprint density at radius 2 is 1.45 bits per heavy atom. The van der Waals surface area contributed by atoms with E-state index < -0.39 is 28.5 Å². The summed E-state index contributed by atoms with van der Waals surface area (Å²) < 4.78 is 29.0. The van der Waals surface area contributed by atoms with Crippen LogP contribution in [0.4, 0.5) is 5.69 Å². The van der Waals surface area contributed by atoms with Crippen molar-refractivity contribution in [2.75, 3.05) is 17.4 Å². The Labute approximate surface area is 226 Å². The predicted molar refractivity (Wildman–Crippen MR) is 151 cm³/mol. The van der Waals surface area contributed by atoms with Crippen LogP contribution in [-0.2, 0) is 32.6 Å². The molecular weight excluding hydrogens is 498 g/mol. The molecule has 3 rings (SSSR count). The highest BCUT2D eigenvalue weighted by Gasteiger charge is 2.34. The molecule has 0 aliphatic heterocycles. The molecule has 0 unspecified atom stereocenters. The van der Waals surface area contributed by atoms with Crippen molar-refractivity contribution in [2.24, 2.45) is 0 Å². The molecule has 0 aromatic heterocycles. The average Bonchev–Trinajstić information content (AvgIpc) is 2.95. The van der Waals surface area contributed by atoms with Gasteiger partial charge >= 0.3 is 0 Å². The fraction of sp³-hybridized carbons (Fsp3) is 0.333. The maximum absolute atomic E-state index is 14.0. The first-order chi connectivity index (χ1) is 18.3. The fourth-order valence-electron chi connectivity index (χ4n) is 4.35. The Hall–Kier alpha value is -3.65. The predicted octanol–water partition coefficient (Wildman–Crippen LogP) is 4.78. The van der Waals surface area contributed by atoms with Gasteiger partial charge in [0.2, 0.25) is 11.8 Å². The van der Waals surface area contributed by atoms with E-state index in [1.807, 2.05) is 63.2 Å². The lowest BCUT2D eigenvalue weighted by Crippen LogP contribution is -2.52. The monoisotopic (exact) mass is 535 g/mol. The molecule has 38 heavy (non-hydrogen) atoms. The molecule has 0 aliphatic rings. The van der Waals surface area contributed by atoms with E-state index >= 15 is 0 Å². The van der Waals surface area contributed by atoms with Gasteiger partial charge in [0, 0.05) is 13.1 Å². The van der Waals surface area contributed by atoms with Crippen LogP contribution in [0.1, 0.15) is 44.7 Å². The molecule has 0 radical (unpaired) electrons. The van der Waals surface area contributed by atoms with Gasteiger partial charge in [-0.1, -0.05) is 87.5 Å². The van der Waals surface area contributed by atoms with Crippen LogP contribution in [0, 0.1) is 0 Å². The number of carbonyl (C=O) groups is 2. The normalized spacial score (nSPS) is 12.0. The molecule has 0 fully saturated rings. The Kier molecular flexibility index (Phi) is 10.5. The standard InChI is InChI=1S/C30H37N3O4S/c1-4-21-31-30(35)27(6-3)32(22-24-15-9-7-10-16-24)29(34)23-33(28-20-14-13-17-25(28)5-2)38(36,37)26-18-11-8-12-19-26/h7-20,27H,4-6,21-23H2,1-3H3,(H,31,35)/t27-/m1/s1. The number of rotatable bonds is 13. The minimum Gasteiger partial charge on any atom is -0.354 e. The van der Waals surface area contributed by atoms with E-state index in [0.717, 1.165) is 17.5 Å². The molecule has 0 aliphatic carbocycles. The zero-order valence-electron chi connectivity index (χ0n) is 22.3. The number of amides is 2. The third kappa shape index (κ3) is 7.01. The zero-order valence-corrected chi connectivity index (χ0v) is 23.2. The zero-order chi connectivity index (χ0) is 27.5. The van der Waals surface area contributed by atoms with Crippen LogP contribution in [0.15, 0.2) is 89.8 Å². The van der Waals surface area contributed by atoms with Gasteiger partial charge in [-0.3, -0.25) is 13.9 Å². The third-order valence-corrected chi connectivity index (χ3v) is 8.16. The van der Waals surface area contributed by atoms with Crippen LogP contribution in [0.3, 0.4) is 0 Å². The smallest absolute Gasteiger partial charge is 0.264 e. The van der Waals surface area contributed by atoms with Crippen LogP contribution in [0.5, 0.6) is 0 Å². The summed E-state index contributed by atoms with van der Waals surface area (Å²) in [4.78, 5) is 28.7. The Morgan fingerprint density at radius 1 is 0.842 bits per heavy atom. The number of nitrogens with zero attached hydrogens (tertiary/aromatic N) is 2. The molecule has 1 N–H and O–H groups in total. The molecule has 0 bridgehead atoms. The second kappa shape index (κ2) is 13.8. The summed E-state index contributed by atoms with van der Waals surface area (Å²) in [6.07, 6.45) is 1.76. The van der Waals surface area contributed by atoms with E-state index in [-0.39, 0.29) is 17.3 Å². The summed E-state index contributed by atoms with van der Waals surface area (Å²) in [6, 6.07) is 24.0. The number of hydrogen-bond acceptors (Lipinski definition) is 4. The van der Waals surface area contributed by atoms with E-state index in [9.17, 15) is 18.0 Å². The van der Waals surface area contributed by atoms with E-state index in [4.69, 9.17) is 0 Å². The highest BCUT2D eigenvalue weighted by molar-refractivity contribution is 7.92. The third-order valence-electron chi connectivity index (χ3n) is 6.38. The molecule has 202 valence electrons. The van der Waals surface area contributed by atoms with Crippen molar-refractivity contribution in [1.29, 1.82) is 0 Å². The van der Waals surface area contributed by atoms with Crippen molar-refractivity contribution in [3.63, 3.8) is 0 Å².